The van der Waals surface area contributed by atoms with Crippen molar-refractivity contribution in [1.29, 1.82) is 0 Å². The molecule has 2 nitrogen and oxygen atoms in total. The molecule has 0 N–H and O–H groups in total. The molecule has 0 aliphatic rings. The van der Waals surface area contributed by atoms with Gasteiger partial charge in [-0.25, -0.2) is 0 Å². The van der Waals surface area contributed by atoms with E-state index < -0.39 is 0 Å². The number of nitrogens with zero attached hydrogens (tertiary/aromatic N) is 1. The van der Waals surface area contributed by atoms with E-state index >= 15 is 0 Å². The standard InChI is InChI=1S/C5H11NO/c1-5(2,3)4-7-6/h4H2,1-3H3. The molecule has 2 heteroatoms. The molecule has 0 spiro atoms. The van der Waals surface area contributed by atoms with Gasteiger partial charge in [0.1, 0.15) is 0 Å². The number of hydrogen-bond acceptors (Lipinski definition) is 1. The summed E-state index contributed by atoms with van der Waals surface area (Å²) in [6.45, 7) is 6.36. The molecule has 0 amide bonds. The molecule has 0 aliphatic heterocycles. The molecule has 0 aromatic carbocycles. The maximum Gasteiger partial charge on any atom is 0.0768 e. The average molecular weight is 101 g/mol. The lowest BCUT2D eigenvalue weighted by Gasteiger charge is -2.13. The largest absolute Gasteiger partial charge is 0.263 e. The highest BCUT2D eigenvalue weighted by atomic mass is 16.6. The number of rotatable bonds is 1. The molecule has 0 fully saturated rings. The van der Waals surface area contributed by atoms with Crippen LogP contribution in [0.15, 0.2) is 0 Å². The summed E-state index contributed by atoms with van der Waals surface area (Å²) in [7, 11) is 0. The topological polar surface area (TPSA) is 31.5 Å². The van der Waals surface area contributed by atoms with Crippen LogP contribution in [0, 0.1) is 5.41 Å². The summed E-state index contributed by atoms with van der Waals surface area (Å²) >= 11 is 0. The summed E-state index contributed by atoms with van der Waals surface area (Å²) in [4.78, 5) is 3.91. The first-order valence-corrected chi connectivity index (χ1v) is 2.32. The molecule has 0 atom stereocenters. The Bertz CT molecular complexity index is 46.5. The van der Waals surface area contributed by atoms with Gasteiger partial charge in [-0.3, -0.25) is 4.84 Å². The van der Waals surface area contributed by atoms with Gasteiger partial charge in [0.15, 0.2) is 0 Å². The minimum Gasteiger partial charge on any atom is -0.263 e. The predicted molar refractivity (Wildman–Crippen MR) is 27.5 cm³/mol. The van der Waals surface area contributed by atoms with Gasteiger partial charge in [-0.15, -0.1) is 0 Å². The summed E-state index contributed by atoms with van der Waals surface area (Å²) in [5, 5.41) is 0. The first kappa shape index (κ1) is 6.92. The van der Waals surface area contributed by atoms with Crippen LogP contribution in [0.4, 0.5) is 0 Å². The van der Waals surface area contributed by atoms with Crippen LogP contribution in [0.25, 0.3) is 0 Å². The lowest BCUT2D eigenvalue weighted by atomic mass is 9.99. The molecule has 0 rings (SSSR count). The Morgan fingerprint density at radius 1 is 1.43 bits per heavy atom. The van der Waals surface area contributed by atoms with Gasteiger partial charge in [0.25, 0.3) is 0 Å². The highest BCUT2D eigenvalue weighted by Crippen LogP contribution is 2.11. The van der Waals surface area contributed by atoms with Gasteiger partial charge in [0, 0.05) is 5.90 Å². The minimum absolute atomic E-state index is 0.0781. The summed E-state index contributed by atoms with van der Waals surface area (Å²) in [6, 6.07) is 0. The fourth-order valence-electron chi connectivity index (χ4n) is 0.194. The minimum atomic E-state index is 0.0781. The fourth-order valence-corrected chi connectivity index (χ4v) is 0.194. The van der Waals surface area contributed by atoms with Crippen molar-refractivity contribution in [2.75, 3.05) is 6.61 Å². The fraction of sp³-hybridized carbons (Fsp3) is 1.00. The van der Waals surface area contributed by atoms with Crippen molar-refractivity contribution >= 4 is 0 Å². The lowest BCUT2D eigenvalue weighted by Crippen LogP contribution is -2.13. The zero-order valence-electron chi connectivity index (χ0n) is 5.06. The highest BCUT2D eigenvalue weighted by Gasteiger charge is 2.08. The molecule has 0 unspecified atom stereocenters. The lowest BCUT2D eigenvalue weighted by molar-refractivity contribution is 0.0571. The van der Waals surface area contributed by atoms with Crippen molar-refractivity contribution < 1.29 is 4.84 Å². The van der Waals surface area contributed by atoms with Crippen molar-refractivity contribution in [3.05, 3.63) is 0 Å². The molecule has 42 valence electrons. The molecule has 0 bridgehead atoms. The summed E-state index contributed by atoms with van der Waals surface area (Å²) < 4.78 is 0. The second-order valence-corrected chi connectivity index (χ2v) is 2.83. The van der Waals surface area contributed by atoms with E-state index in [0.29, 0.717) is 6.61 Å². The van der Waals surface area contributed by atoms with Gasteiger partial charge in [0.2, 0.25) is 0 Å². The Morgan fingerprint density at radius 3 is 1.86 bits per heavy atom. The maximum absolute atomic E-state index is 7.90. The van der Waals surface area contributed by atoms with Crippen molar-refractivity contribution in [3.8, 4) is 0 Å². The molecule has 0 aliphatic carbocycles. The SMILES string of the molecule is CC(C)(C)CO[N]. The van der Waals surface area contributed by atoms with E-state index in [4.69, 9.17) is 5.90 Å². The van der Waals surface area contributed by atoms with Crippen LogP contribution in [-0.2, 0) is 4.84 Å². The molecule has 7 heavy (non-hydrogen) atoms. The van der Waals surface area contributed by atoms with Gasteiger partial charge in [-0.1, -0.05) is 20.8 Å². The Labute approximate surface area is 44.6 Å². The quantitative estimate of drug-likeness (QED) is 0.454. The third-order valence-electron chi connectivity index (χ3n) is 0.498. The second-order valence-electron chi connectivity index (χ2n) is 2.83. The Morgan fingerprint density at radius 2 is 1.86 bits per heavy atom. The Kier molecular flexibility index (Phi) is 2.26. The molecule has 2 radical (unpaired) electrons. The van der Waals surface area contributed by atoms with E-state index in [1.807, 2.05) is 20.8 Å². The van der Waals surface area contributed by atoms with Gasteiger partial charge >= 0.3 is 0 Å². The van der Waals surface area contributed by atoms with Crippen molar-refractivity contribution in [3.63, 3.8) is 0 Å². The summed E-state index contributed by atoms with van der Waals surface area (Å²) in [5.74, 6) is 7.90. The summed E-state index contributed by atoms with van der Waals surface area (Å²) in [5.41, 5.74) is 0.0781. The third kappa shape index (κ3) is 5.92. The van der Waals surface area contributed by atoms with E-state index in [-0.39, 0.29) is 5.41 Å². The van der Waals surface area contributed by atoms with Gasteiger partial charge < -0.3 is 0 Å². The van der Waals surface area contributed by atoms with Crippen molar-refractivity contribution in [2.45, 2.75) is 20.8 Å². The van der Waals surface area contributed by atoms with Crippen LogP contribution in [0.5, 0.6) is 0 Å². The van der Waals surface area contributed by atoms with E-state index in [0.717, 1.165) is 0 Å². The third-order valence-corrected chi connectivity index (χ3v) is 0.498. The maximum atomic E-state index is 7.90. The van der Waals surface area contributed by atoms with Crippen LogP contribution in [0.3, 0.4) is 0 Å². The summed E-state index contributed by atoms with van der Waals surface area (Å²) in [6.07, 6.45) is 0. The van der Waals surface area contributed by atoms with Crippen LogP contribution in [-0.4, -0.2) is 6.61 Å². The highest BCUT2D eigenvalue weighted by molar-refractivity contribution is 4.57. The predicted octanol–water partition coefficient (Wildman–Crippen LogP) is 1.03. The molecule has 0 aromatic rings. The molecular formula is C5H11NO. The molecule has 0 heterocycles. The molecule has 0 saturated heterocycles. The Hall–Kier alpha value is -0.0800. The molecule has 0 aromatic heterocycles. The Balaban J connectivity index is 3.15. The molecular weight excluding hydrogens is 90.1 g/mol. The molecule has 0 saturated carbocycles. The number of hydrogen-bond donors (Lipinski definition) is 0. The van der Waals surface area contributed by atoms with E-state index in [1.165, 1.54) is 0 Å². The van der Waals surface area contributed by atoms with Crippen LogP contribution in [0.2, 0.25) is 0 Å². The van der Waals surface area contributed by atoms with E-state index in [9.17, 15) is 0 Å². The van der Waals surface area contributed by atoms with Crippen molar-refractivity contribution in [2.24, 2.45) is 5.41 Å². The van der Waals surface area contributed by atoms with Crippen LogP contribution >= 0.6 is 0 Å². The monoisotopic (exact) mass is 101 g/mol. The van der Waals surface area contributed by atoms with E-state index in [2.05, 4.69) is 4.84 Å². The van der Waals surface area contributed by atoms with Crippen LogP contribution in [0.1, 0.15) is 20.8 Å². The first-order valence-electron chi connectivity index (χ1n) is 2.32. The van der Waals surface area contributed by atoms with Crippen molar-refractivity contribution in [1.82, 2.24) is 5.90 Å². The van der Waals surface area contributed by atoms with E-state index in [1.54, 1.807) is 0 Å². The average Bonchev–Trinajstić information content (AvgIpc) is 1.30. The first-order chi connectivity index (χ1) is 3.06. The smallest absolute Gasteiger partial charge is 0.0768 e. The second kappa shape index (κ2) is 2.28. The zero-order valence-corrected chi connectivity index (χ0v) is 5.06. The van der Waals surface area contributed by atoms with Gasteiger partial charge in [0.05, 0.1) is 6.61 Å². The van der Waals surface area contributed by atoms with Gasteiger partial charge in [-0.2, -0.15) is 0 Å². The van der Waals surface area contributed by atoms with Gasteiger partial charge in [-0.05, 0) is 5.41 Å². The normalized spacial score (nSPS) is 12.0. The van der Waals surface area contributed by atoms with Crippen LogP contribution < -0.4 is 5.90 Å². The zero-order chi connectivity index (χ0) is 5.91.